The molecule has 0 unspecified atom stereocenters. The third-order valence-corrected chi connectivity index (χ3v) is 1.44. The topological polar surface area (TPSA) is 23.8 Å². The molecule has 0 aromatic rings. The minimum Gasteiger partial charge on any atom is -0.193 e. The Bertz CT molecular complexity index is 246. The summed E-state index contributed by atoms with van der Waals surface area (Å²) in [7, 11) is 0. The molecule has 0 saturated carbocycles. The average Bonchev–Trinajstić information content (AvgIpc) is 2.14. The fourth-order valence-corrected chi connectivity index (χ4v) is 0.806. The minimum absolute atomic E-state index is 0.773. The van der Waals surface area contributed by atoms with Gasteiger partial charge in [-0.05, 0) is 13.0 Å². The molecule has 0 N–H and O–H groups in total. The van der Waals surface area contributed by atoms with E-state index in [4.69, 9.17) is 5.26 Å². The molecule has 1 nitrogen and oxygen atoms in total. The first kappa shape index (κ1) is 6.82. The van der Waals surface area contributed by atoms with Crippen LogP contribution in [0.4, 0.5) is 0 Å². The molecule has 0 aromatic carbocycles. The van der Waals surface area contributed by atoms with Gasteiger partial charge in [0.05, 0.1) is 6.07 Å². The Balaban J connectivity index is 2.81. The van der Waals surface area contributed by atoms with Crippen LogP contribution < -0.4 is 0 Å². The minimum atomic E-state index is 0.773. The summed E-state index contributed by atoms with van der Waals surface area (Å²) in [5.41, 5.74) is 2.05. The Hall–Kier alpha value is -1.29. The van der Waals surface area contributed by atoms with E-state index in [1.165, 1.54) is 5.57 Å². The van der Waals surface area contributed by atoms with Gasteiger partial charge in [-0.15, -0.1) is 0 Å². The molecule has 0 heterocycles. The van der Waals surface area contributed by atoms with Crippen molar-refractivity contribution in [3.63, 3.8) is 0 Å². The van der Waals surface area contributed by atoms with E-state index in [9.17, 15) is 0 Å². The molecule has 50 valence electrons. The predicted octanol–water partition coefficient (Wildman–Crippen LogP) is 2.34. The molecule has 0 aliphatic heterocycles. The van der Waals surface area contributed by atoms with Gasteiger partial charge in [0.1, 0.15) is 0 Å². The molecule has 1 heteroatoms. The molecule has 1 aliphatic carbocycles. The summed E-state index contributed by atoms with van der Waals surface area (Å²) >= 11 is 0. The van der Waals surface area contributed by atoms with Crippen molar-refractivity contribution in [1.29, 1.82) is 5.26 Å². The number of allylic oxidation sites excluding steroid dienone is 6. The molecule has 0 aromatic heterocycles. The number of nitrogens with zero attached hydrogens (tertiary/aromatic N) is 1. The van der Waals surface area contributed by atoms with Crippen LogP contribution in [-0.4, -0.2) is 0 Å². The summed E-state index contributed by atoms with van der Waals surface area (Å²) in [5.74, 6) is 0. The van der Waals surface area contributed by atoms with Crippen LogP contribution in [0.3, 0.4) is 0 Å². The lowest BCUT2D eigenvalue weighted by molar-refractivity contribution is 1.26. The van der Waals surface area contributed by atoms with Crippen molar-refractivity contribution in [3.8, 4) is 6.07 Å². The normalized spacial score (nSPS) is 16.8. The Morgan fingerprint density at radius 2 is 2.40 bits per heavy atom. The maximum absolute atomic E-state index is 8.52. The zero-order valence-corrected chi connectivity index (χ0v) is 5.96. The van der Waals surface area contributed by atoms with Crippen molar-refractivity contribution in [1.82, 2.24) is 0 Å². The van der Waals surface area contributed by atoms with E-state index in [0.717, 1.165) is 12.0 Å². The first-order chi connectivity index (χ1) is 4.83. The molecule has 0 atom stereocenters. The van der Waals surface area contributed by atoms with Gasteiger partial charge in [0.25, 0.3) is 0 Å². The van der Waals surface area contributed by atoms with Crippen molar-refractivity contribution in [3.05, 3.63) is 35.5 Å². The fraction of sp³-hybridized carbons (Fsp3) is 0.222. The molecular weight excluding hydrogens is 122 g/mol. The lowest BCUT2D eigenvalue weighted by atomic mass is 10.2. The first-order valence-electron chi connectivity index (χ1n) is 3.27. The highest BCUT2D eigenvalue weighted by molar-refractivity contribution is 5.35. The van der Waals surface area contributed by atoms with Crippen LogP contribution in [0.1, 0.15) is 13.3 Å². The summed E-state index contributed by atoms with van der Waals surface area (Å²) in [6.07, 6.45) is 8.60. The summed E-state index contributed by atoms with van der Waals surface area (Å²) in [4.78, 5) is 0. The standard InChI is InChI=1S/C9H9N/c1-8-3-2-4-9(7-10)6-5-8/h2-5H,6H2,1H3. The number of hydrogen-bond donors (Lipinski definition) is 0. The highest BCUT2D eigenvalue weighted by atomic mass is 14.2. The predicted molar refractivity (Wildman–Crippen MR) is 41.2 cm³/mol. The van der Waals surface area contributed by atoms with E-state index in [1.807, 2.05) is 25.2 Å². The molecule has 0 fully saturated rings. The third kappa shape index (κ3) is 1.60. The van der Waals surface area contributed by atoms with E-state index in [1.54, 1.807) is 0 Å². The van der Waals surface area contributed by atoms with Gasteiger partial charge in [-0.2, -0.15) is 5.26 Å². The molecule has 0 spiro atoms. The molecule has 10 heavy (non-hydrogen) atoms. The average molecular weight is 131 g/mol. The van der Waals surface area contributed by atoms with Gasteiger partial charge in [0, 0.05) is 12.0 Å². The van der Waals surface area contributed by atoms with Gasteiger partial charge in [-0.25, -0.2) is 0 Å². The van der Waals surface area contributed by atoms with E-state index in [2.05, 4.69) is 12.1 Å². The quantitative estimate of drug-likeness (QED) is 0.495. The van der Waals surface area contributed by atoms with E-state index in [-0.39, 0.29) is 0 Å². The summed E-state index contributed by atoms with van der Waals surface area (Å²) < 4.78 is 0. The van der Waals surface area contributed by atoms with Crippen LogP contribution >= 0.6 is 0 Å². The Morgan fingerprint density at radius 1 is 1.60 bits per heavy atom. The number of hydrogen-bond acceptors (Lipinski definition) is 1. The second-order valence-electron chi connectivity index (χ2n) is 2.32. The maximum Gasteiger partial charge on any atom is 0.0950 e. The second-order valence-corrected chi connectivity index (χ2v) is 2.32. The molecule has 1 aliphatic rings. The van der Waals surface area contributed by atoms with Crippen LogP contribution in [-0.2, 0) is 0 Å². The van der Waals surface area contributed by atoms with Crippen LogP contribution in [0.2, 0.25) is 0 Å². The van der Waals surface area contributed by atoms with Gasteiger partial charge >= 0.3 is 0 Å². The van der Waals surface area contributed by atoms with Crippen molar-refractivity contribution < 1.29 is 0 Å². The second kappa shape index (κ2) is 3.03. The van der Waals surface area contributed by atoms with E-state index in [0.29, 0.717) is 0 Å². The van der Waals surface area contributed by atoms with Gasteiger partial charge in [-0.1, -0.05) is 23.8 Å². The van der Waals surface area contributed by atoms with Crippen LogP contribution in [0.25, 0.3) is 0 Å². The molecule has 0 radical (unpaired) electrons. The number of rotatable bonds is 0. The monoisotopic (exact) mass is 131 g/mol. The third-order valence-electron chi connectivity index (χ3n) is 1.44. The summed E-state index contributed by atoms with van der Waals surface area (Å²) in [5, 5.41) is 8.52. The Labute approximate surface area is 61.0 Å². The maximum atomic E-state index is 8.52. The Kier molecular flexibility index (Phi) is 2.07. The zero-order chi connectivity index (χ0) is 7.40. The summed E-state index contributed by atoms with van der Waals surface area (Å²) in [6, 6.07) is 2.13. The van der Waals surface area contributed by atoms with Gasteiger partial charge in [0.2, 0.25) is 0 Å². The smallest absolute Gasteiger partial charge is 0.0950 e. The molecule has 0 amide bonds. The van der Waals surface area contributed by atoms with Crippen molar-refractivity contribution in [2.75, 3.05) is 0 Å². The SMILES string of the molecule is CC1=CCC(C#N)=CC=C1. The number of nitriles is 1. The molecule has 0 bridgehead atoms. The summed E-state index contributed by atoms with van der Waals surface area (Å²) in [6.45, 7) is 2.03. The van der Waals surface area contributed by atoms with Crippen LogP contribution in [0, 0.1) is 11.3 Å². The largest absolute Gasteiger partial charge is 0.193 e. The Morgan fingerprint density at radius 3 is 3.10 bits per heavy atom. The van der Waals surface area contributed by atoms with Crippen molar-refractivity contribution in [2.24, 2.45) is 0 Å². The van der Waals surface area contributed by atoms with Crippen molar-refractivity contribution in [2.45, 2.75) is 13.3 Å². The molecule has 0 saturated heterocycles. The van der Waals surface area contributed by atoms with Crippen molar-refractivity contribution >= 4 is 0 Å². The van der Waals surface area contributed by atoms with E-state index >= 15 is 0 Å². The van der Waals surface area contributed by atoms with Gasteiger partial charge in [0.15, 0.2) is 0 Å². The lowest BCUT2D eigenvalue weighted by Crippen LogP contribution is -1.72. The van der Waals surface area contributed by atoms with Crippen LogP contribution in [0.5, 0.6) is 0 Å². The zero-order valence-electron chi connectivity index (χ0n) is 5.96. The van der Waals surface area contributed by atoms with Crippen LogP contribution in [0.15, 0.2) is 35.5 Å². The first-order valence-corrected chi connectivity index (χ1v) is 3.27. The fourth-order valence-electron chi connectivity index (χ4n) is 0.806. The molecule has 1 rings (SSSR count). The van der Waals surface area contributed by atoms with Gasteiger partial charge < -0.3 is 0 Å². The lowest BCUT2D eigenvalue weighted by Gasteiger charge is -1.87. The molecular formula is C9H9N. The van der Waals surface area contributed by atoms with E-state index < -0.39 is 0 Å². The van der Waals surface area contributed by atoms with Gasteiger partial charge in [-0.3, -0.25) is 0 Å². The highest BCUT2D eigenvalue weighted by Crippen LogP contribution is 2.09. The highest BCUT2D eigenvalue weighted by Gasteiger charge is 1.93.